The largest absolute Gasteiger partial charge is 0.485 e. The molecule has 1 aliphatic rings. The highest BCUT2D eigenvalue weighted by Crippen LogP contribution is 2.18. The molecule has 0 radical (unpaired) electrons. The lowest BCUT2D eigenvalue weighted by Gasteiger charge is -2.38. The molecule has 0 unspecified atom stereocenters. The molecule has 7 heteroatoms. The van der Waals surface area contributed by atoms with E-state index in [1.165, 1.54) is 25.3 Å². The Bertz CT molecular complexity index is 773. The molecule has 1 N–H and O–H groups in total. The van der Waals surface area contributed by atoms with Gasteiger partial charge in [0, 0.05) is 6.92 Å². The van der Waals surface area contributed by atoms with E-state index in [-0.39, 0.29) is 30.2 Å². The van der Waals surface area contributed by atoms with Crippen molar-refractivity contribution in [1.29, 1.82) is 0 Å². The molecule has 3 rings (SSSR count). The molecular weight excluding hydrogens is 325 g/mol. The molecule has 130 valence electrons. The number of rotatable bonds is 5. The van der Waals surface area contributed by atoms with Gasteiger partial charge in [-0.3, -0.25) is 9.59 Å². The van der Waals surface area contributed by atoms with E-state index >= 15 is 0 Å². The number of anilines is 1. The lowest BCUT2D eigenvalue weighted by atomic mass is 10.1. The molecule has 1 fully saturated rings. The second-order valence-corrected chi connectivity index (χ2v) is 5.90. The number of nitrogens with one attached hydrogen (secondary N) is 1. The molecule has 0 aliphatic carbocycles. The number of pyridine rings is 1. The highest BCUT2D eigenvalue weighted by Gasteiger charge is 2.30. The normalized spacial score (nSPS) is 13.9. The van der Waals surface area contributed by atoms with Gasteiger partial charge in [-0.25, -0.2) is 9.37 Å². The number of carbonyl (C=O) groups is 2. The molecular formula is C18H18FN3O3. The number of halogens is 1. The van der Waals surface area contributed by atoms with Crippen molar-refractivity contribution in [3.05, 3.63) is 54.0 Å². The summed E-state index contributed by atoms with van der Waals surface area (Å²) in [6.45, 7) is 2.67. The van der Waals surface area contributed by atoms with E-state index in [9.17, 15) is 14.0 Å². The minimum absolute atomic E-state index is 0.0286. The van der Waals surface area contributed by atoms with Crippen LogP contribution in [0.5, 0.6) is 5.75 Å². The van der Waals surface area contributed by atoms with Crippen molar-refractivity contribution in [2.24, 2.45) is 0 Å². The lowest BCUT2D eigenvalue weighted by Crippen LogP contribution is -2.55. The molecule has 1 saturated heterocycles. The van der Waals surface area contributed by atoms with Crippen LogP contribution >= 0.6 is 0 Å². The second kappa shape index (κ2) is 7.29. The highest BCUT2D eigenvalue weighted by atomic mass is 19.1. The number of nitrogens with zero attached hydrogens (tertiary/aromatic N) is 2. The van der Waals surface area contributed by atoms with Crippen molar-refractivity contribution in [2.45, 2.75) is 19.4 Å². The Labute approximate surface area is 144 Å². The third kappa shape index (κ3) is 4.53. The molecule has 2 amide bonds. The molecule has 6 nitrogen and oxygen atoms in total. The van der Waals surface area contributed by atoms with Gasteiger partial charge in [0.05, 0.1) is 25.7 Å². The van der Waals surface area contributed by atoms with Crippen LogP contribution < -0.4 is 10.1 Å². The van der Waals surface area contributed by atoms with Crippen molar-refractivity contribution >= 4 is 17.6 Å². The minimum Gasteiger partial charge on any atom is -0.485 e. The summed E-state index contributed by atoms with van der Waals surface area (Å²) in [5, 5.41) is 2.66. The predicted octanol–water partition coefficient (Wildman–Crippen LogP) is 2.01. The van der Waals surface area contributed by atoms with Gasteiger partial charge in [0.15, 0.2) is 0 Å². The van der Waals surface area contributed by atoms with E-state index < -0.39 is 0 Å². The quantitative estimate of drug-likeness (QED) is 0.901. The standard InChI is InChI=1S/C18H18FN3O3/c1-12(23)22-10-16(11-22)25-15-5-6-17(20-9-15)21-18(24)8-13-3-2-4-14(19)7-13/h2-7,9,16H,8,10-11H2,1H3,(H,20,21,24). The molecule has 0 saturated carbocycles. The van der Waals surface area contributed by atoms with Gasteiger partial charge in [-0.2, -0.15) is 0 Å². The van der Waals surface area contributed by atoms with Gasteiger partial charge in [-0.05, 0) is 29.8 Å². The average Bonchev–Trinajstić information content (AvgIpc) is 2.51. The minimum atomic E-state index is -0.371. The lowest BCUT2D eigenvalue weighted by molar-refractivity contribution is -0.137. The molecule has 1 aromatic heterocycles. The number of carbonyl (C=O) groups excluding carboxylic acids is 2. The summed E-state index contributed by atoms with van der Waals surface area (Å²) in [6, 6.07) is 9.26. The van der Waals surface area contributed by atoms with Crippen LogP contribution in [0.2, 0.25) is 0 Å². The third-order valence-electron chi connectivity index (χ3n) is 3.85. The van der Waals surface area contributed by atoms with E-state index in [2.05, 4.69) is 10.3 Å². The molecule has 1 aliphatic heterocycles. The van der Waals surface area contributed by atoms with Crippen LogP contribution in [0.1, 0.15) is 12.5 Å². The number of aromatic nitrogens is 1. The number of hydrogen-bond donors (Lipinski definition) is 1. The Kier molecular flexibility index (Phi) is 4.92. The molecule has 0 bridgehead atoms. The van der Waals surface area contributed by atoms with E-state index in [1.807, 2.05) is 0 Å². The highest BCUT2D eigenvalue weighted by molar-refractivity contribution is 5.91. The van der Waals surface area contributed by atoms with Crippen molar-refractivity contribution in [3.63, 3.8) is 0 Å². The number of benzene rings is 1. The van der Waals surface area contributed by atoms with Crippen LogP contribution in [0.3, 0.4) is 0 Å². The van der Waals surface area contributed by atoms with E-state index in [0.717, 1.165) is 0 Å². The van der Waals surface area contributed by atoms with Gasteiger partial charge >= 0.3 is 0 Å². The Morgan fingerprint density at radius 1 is 1.32 bits per heavy atom. The van der Waals surface area contributed by atoms with E-state index in [0.29, 0.717) is 30.2 Å². The van der Waals surface area contributed by atoms with Crippen molar-refractivity contribution in [1.82, 2.24) is 9.88 Å². The number of hydrogen-bond acceptors (Lipinski definition) is 4. The van der Waals surface area contributed by atoms with Crippen LogP contribution in [0, 0.1) is 5.82 Å². The Morgan fingerprint density at radius 2 is 2.12 bits per heavy atom. The van der Waals surface area contributed by atoms with Gasteiger partial charge in [0.2, 0.25) is 11.8 Å². The van der Waals surface area contributed by atoms with E-state index in [1.54, 1.807) is 29.2 Å². The summed E-state index contributed by atoms with van der Waals surface area (Å²) in [5.74, 6) is 0.366. The maximum atomic E-state index is 13.1. The maximum absolute atomic E-state index is 13.1. The van der Waals surface area contributed by atoms with Gasteiger partial charge in [-0.15, -0.1) is 0 Å². The molecule has 1 aromatic carbocycles. The van der Waals surface area contributed by atoms with Crippen LogP contribution in [0.25, 0.3) is 0 Å². The summed E-state index contributed by atoms with van der Waals surface area (Å²) in [4.78, 5) is 28.9. The molecule has 0 atom stereocenters. The first-order valence-corrected chi connectivity index (χ1v) is 7.92. The summed E-state index contributed by atoms with van der Waals surface area (Å²) in [5.41, 5.74) is 0.595. The van der Waals surface area contributed by atoms with Gasteiger partial charge in [-0.1, -0.05) is 12.1 Å². The third-order valence-corrected chi connectivity index (χ3v) is 3.85. The number of amides is 2. The number of likely N-dealkylation sites (tertiary alicyclic amines) is 1. The zero-order chi connectivity index (χ0) is 17.8. The van der Waals surface area contributed by atoms with Crippen LogP contribution in [-0.4, -0.2) is 40.9 Å². The Hall–Kier alpha value is -2.96. The van der Waals surface area contributed by atoms with Crippen molar-refractivity contribution in [3.8, 4) is 5.75 Å². The van der Waals surface area contributed by atoms with Crippen molar-refractivity contribution < 1.29 is 18.7 Å². The zero-order valence-corrected chi connectivity index (χ0v) is 13.7. The predicted molar refractivity (Wildman–Crippen MR) is 89.6 cm³/mol. The fraction of sp³-hybridized carbons (Fsp3) is 0.278. The van der Waals surface area contributed by atoms with E-state index in [4.69, 9.17) is 4.74 Å². The van der Waals surface area contributed by atoms with Gasteiger partial charge in [0.25, 0.3) is 0 Å². The van der Waals surface area contributed by atoms with Crippen LogP contribution in [0.4, 0.5) is 10.2 Å². The smallest absolute Gasteiger partial charge is 0.229 e. The summed E-state index contributed by atoms with van der Waals surface area (Å²) in [6.07, 6.45) is 1.56. The second-order valence-electron chi connectivity index (χ2n) is 5.90. The molecule has 2 heterocycles. The molecule has 25 heavy (non-hydrogen) atoms. The number of ether oxygens (including phenoxy) is 1. The summed E-state index contributed by atoms with van der Waals surface area (Å²) >= 11 is 0. The maximum Gasteiger partial charge on any atom is 0.229 e. The first kappa shape index (κ1) is 16.9. The fourth-order valence-electron chi connectivity index (χ4n) is 2.51. The van der Waals surface area contributed by atoms with Crippen LogP contribution in [0.15, 0.2) is 42.6 Å². The average molecular weight is 343 g/mol. The summed E-state index contributed by atoms with van der Waals surface area (Å²) < 4.78 is 18.8. The van der Waals surface area contributed by atoms with Crippen molar-refractivity contribution in [2.75, 3.05) is 18.4 Å². The summed E-state index contributed by atoms with van der Waals surface area (Å²) in [7, 11) is 0. The monoisotopic (exact) mass is 343 g/mol. The Morgan fingerprint density at radius 3 is 2.76 bits per heavy atom. The molecule has 0 spiro atoms. The van der Waals surface area contributed by atoms with Gasteiger partial charge < -0.3 is 15.0 Å². The first-order chi connectivity index (χ1) is 12.0. The SMILES string of the molecule is CC(=O)N1CC(Oc2ccc(NC(=O)Cc3cccc(F)c3)nc2)C1. The topological polar surface area (TPSA) is 71.5 Å². The van der Waals surface area contributed by atoms with Gasteiger partial charge in [0.1, 0.15) is 23.5 Å². The zero-order valence-electron chi connectivity index (χ0n) is 13.7. The Balaban J connectivity index is 1.49. The van der Waals surface area contributed by atoms with Crippen LogP contribution in [-0.2, 0) is 16.0 Å². The molecule has 2 aromatic rings. The first-order valence-electron chi connectivity index (χ1n) is 7.92. The fourth-order valence-corrected chi connectivity index (χ4v) is 2.51.